The van der Waals surface area contributed by atoms with Crippen LogP contribution in [0.25, 0.3) is 76.6 Å². The Balaban J connectivity index is 1.36. The summed E-state index contributed by atoms with van der Waals surface area (Å²) >= 11 is 1.91. The molecule has 0 atom stereocenters. The number of aromatic nitrogens is 3. The molecule has 0 aliphatic heterocycles. The van der Waals surface area contributed by atoms with E-state index in [0.29, 0.717) is 17.5 Å². The molecule has 0 aliphatic rings. The standard InChI is InChI=1S/C39H32B7N3S/c40-28-25-26-29(41)32(44)33(45)34(46)36(26)50-35(25)31(43)27(30(28)42)39-48-37(22-16-14-21(15-17-22)19-8-3-1-4-9-19)47-38(49-39)24-13-7-12-23(18-24)20-10-5-2-6-11-20/h1-18H,40-46H2. The molecule has 0 spiro atoms. The van der Waals surface area contributed by atoms with Crippen LogP contribution in [0.3, 0.4) is 0 Å². The fourth-order valence-corrected chi connectivity index (χ4v) is 8.84. The van der Waals surface area contributed by atoms with Crippen LogP contribution in [0.2, 0.25) is 0 Å². The first-order chi connectivity index (χ1) is 24.2. The van der Waals surface area contributed by atoms with Crippen molar-refractivity contribution in [2.45, 2.75) is 0 Å². The van der Waals surface area contributed by atoms with Crippen molar-refractivity contribution < 1.29 is 0 Å². The van der Waals surface area contributed by atoms with Gasteiger partial charge in [0.2, 0.25) is 0 Å². The van der Waals surface area contributed by atoms with Crippen LogP contribution in [-0.4, -0.2) is 69.9 Å². The van der Waals surface area contributed by atoms with Crippen molar-refractivity contribution in [3.8, 4) is 56.4 Å². The summed E-state index contributed by atoms with van der Waals surface area (Å²) < 4.78 is 2.70. The van der Waals surface area contributed by atoms with Crippen molar-refractivity contribution in [3.63, 3.8) is 0 Å². The Morgan fingerprint density at radius 1 is 0.340 bits per heavy atom. The van der Waals surface area contributed by atoms with Crippen molar-refractivity contribution in [2.75, 3.05) is 0 Å². The van der Waals surface area contributed by atoms with Crippen LogP contribution in [0.4, 0.5) is 0 Å². The van der Waals surface area contributed by atoms with E-state index in [9.17, 15) is 0 Å². The van der Waals surface area contributed by atoms with E-state index in [1.54, 1.807) is 0 Å². The van der Waals surface area contributed by atoms with E-state index in [4.69, 9.17) is 15.0 Å². The molecule has 0 fully saturated rings. The molecule has 0 saturated heterocycles. The minimum absolute atomic E-state index is 0.667. The molecule has 2 heterocycles. The lowest BCUT2D eigenvalue weighted by molar-refractivity contribution is 1.08. The third kappa shape index (κ3) is 5.36. The van der Waals surface area contributed by atoms with Crippen molar-refractivity contribution in [1.82, 2.24) is 15.0 Å². The number of benzene rings is 6. The Morgan fingerprint density at radius 3 is 1.42 bits per heavy atom. The highest BCUT2D eigenvalue weighted by Crippen LogP contribution is 2.32. The molecule has 230 valence electrons. The summed E-state index contributed by atoms with van der Waals surface area (Å²) in [6.07, 6.45) is 0. The van der Waals surface area contributed by atoms with Crippen LogP contribution in [0, 0.1) is 0 Å². The molecule has 0 N–H and O–H groups in total. The van der Waals surface area contributed by atoms with Gasteiger partial charge in [-0.2, -0.15) is 0 Å². The first kappa shape index (κ1) is 32.2. The minimum Gasteiger partial charge on any atom is -0.208 e. The zero-order valence-electron chi connectivity index (χ0n) is 29.6. The molecule has 8 aromatic rings. The molecule has 8 rings (SSSR count). The second-order valence-corrected chi connectivity index (χ2v) is 14.5. The average molecular weight is 650 g/mol. The third-order valence-corrected chi connectivity index (χ3v) is 12.1. The van der Waals surface area contributed by atoms with Crippen molar-refractivity contribution in [3.05, 3.63) is 109 Å². The van der Waals surface area contributed by atoms with E-state index in [0.717, 1.165) is 33.4 Å². The summed E-state index contributed by atoms with van der Waals surface area (Å²) in [5.41, 5.74) is 16.9. The molecule has 2 aromatic heterocycles. The van der Waals surface area contributed by atoms with Gasteiger partial charge in [0.1, 0.15) is 54.9 Å². The maximum atomic E-state index is 5.27. The first-order valence-electron chi connectivity index (χ1n) is 17.2. The Labute approximate surface area is 303 Å². The Morgan fingerprint density at radius 2 is 0.780 bits per heavy atom. The van der Waals surface area contributed by atoms with Gasteiger partial charge in [0.05, 0.1) is 0 Å². The second kappa shape index (κ2) is 12.7. The van der Waals surface area contributed by atoms with Crippen molar-refractivity contribution >= 4 is 125 Å². The third-order valence-electron chi connectivity index (χ3n) is 10.7. The number of fused-ring (bicyclic) bond motifs is 3. The second-order valence-electron chi connectivity index (χ2n) is 13.5. The Bertz CT molecular complexity index is 2610. The van der Waals surface area contributed by atoms with Gasteiger partial charge in [-0.05, 0) is 39.1 Å². The lowest BCUT2D eigenvalue weighted by Crippen LogP contribution is -2.47. The van der Waals surface area contributed by atoms with Gasteiger partial charge in [-0.1, -0.05) is 130 Å². The Hall–Kier alpha value is -5.00. The van der Waals surface area contributed by atoms with Gasteiger partial charge in [0.25, 0.3) is 0 Å². The number of hydrogen-bond acceptors (Lipinski definition) is 4. The fraction of sp³-hybridized carbons (Fsp3) is 0. The van der Waals surface area contributed by atoms with Gasteiger partial charge in [0.15, 0.2) is 17.5 Å². The van der Waals surface area contributed by atoms with Crippen LogP contribution >= 0.6 is 11.3 Å². The zero-order valence-corrected chi connectivity index (χ0v) is 30.5. The van der Waals surface area contributed by atoms with Crippen LogP contribution in [0.15, 0.2) is 109 Å². The molecule has 3 nitrogen and oxygen atoms in total. The predicted molar refractivity (Wildman–Crippen MR) is 237 cm³/mol. The summed E-state index contributed by atoms with van der Waals surface area (Å²) in [6.45, 7) is 0. The number of nitrogens with zero attached hydrogens (tertiary/aromatic N) is 3. The van der Waals surface area contributed by atoms with E-state index in [1.807, 2.05) is 23.5 Å². The van der Waals surface area contributed by atoms with Gasteiger partial charge in [-0.15, -0.1) is 22.3 Å². The van der Waals surface area contributed by atoms with E-state index in [2.05, 4.69) is 152 Å². The summed E-state index contributed by atoms with van der Waals surface area (Å²) in [5.74, 6) is 2.04. The van der Waals surface area contributed by atoms with Gasteiger partial charge in [-0.25, -0.2) is 15.0 Å². The minimum atomic E-state index is 0.667. The SMILES string of the molecule is Bc1c(B)c(B)c2c(sc3c(B)c(-c4nc(-c5ccc(-c6ccccc6)cc5)nc(-c5cccc(-c6ccccc6)c5)n4)c(B)c(B)c32)c1B. The van der Waals surface area contributed by atoms with Crippen LogP contribution < -0.4 is 38.2 Å². The largest absolute Gasteiger partial charge is 0.208 e. The molecular formula is C39H32B7N3S. The molecule has 50 heavy (non-hydrogen) atoms. The molecule has 0 aliphatic carbocycles. The lowest BCUT2D eigenvalue weighted by atomic mass is 9.64. The topological polar surface area (TPSA) is 38.7 Å². The number of rotatable bonds is 5. The van der Waals surface area contributed by atoms with Crippen molar-refractivity contribution in [2.24, 2.45) is 0 Å². The van der Waals surface area contributed by atoms with Gasteiger partial charge in [-0.3, -0.25) is 0 Å². The van der Waals surface area contributed by atoms with Gasteiger partial charge >= 0.3 is 0 Å². The highest BCUT2D eigenvalue weighted by molar-refractivity contribution is 7.28. The first-order valence-corrected chi connectivity index (χ1v) is 18.0. The van der Waals surface area contributed by atoms with E-state index < -0.39 is 0 Å². The highest BCUT2D eigenvalue weighted by atomic mass is 32.1. The van der Waals surface area contributed by atoms with E-state index in [-0.39, 0.29) is 0 Å². The van der Waals surface area contributed by atoms with Crippen LogP contribution in [0.1, 0.15) is 0 Å². The average Bonchev–Trinajstić information content (AvgIpc) is 3.58. The summed E-state index contributed by atoms with van der Waals surface area (Å²) in [4.78, 5) is 15.7. The molecule has 6 aromatic carbocycles. The maximum Gasteiger partial charge on any atom is 0.164 e. The highest BCUT2D eigenvalue weighted by Gasteiger charge is 2.23. The molecular weight excluding hydrogens is 618 g/mol. The van der Waals surface area contributed by atoms with Gasteiger partial charge in [0, 0.05) is 26.1 Å². The normalized spacial score (nSPS) is 11.4. The van der Waals surface area contributed by atoms with Gasteiger partial charge < -0.3 is 0 Å². The number of hydrogen-bond donors (Lipinski definition) is 0. The van der Waals surface area contributed by atoms with E-state index in [1.165, 1.54) is 64.0 Å². The molecule has 0 radical (unpaired) electrons. The zero-order chi connectivity index (χ0) is 34.7. The van der Waals surface area contributed by atoms with E-state index >= 15 is 0 Å². The lowest BCUT2D eigenvalue weighted by Gasteiger charge is -2.17. The quantitative estimate of drug-likeness (QED) is 0.211. The molecule has 0 amide bonds. The Kier molecular flexibility index (Phi) is 8.19. The maximum absolute atomic E-state index is 5.27. The fourth-order valence-electron chi connectivity index (χ4n) is 7.36. The predicted octanol–water partition coefficient (Wildman–Crippen LogP) is -1.62. The monoisotopic (exact) mass is 651 g/mol. The molecule has 11 heteroatoms. The smallest absolute Gasteiger partial charge is 0.164 e. The molecule has 0 saturated carbocycles. The summed E-state index contributed by atoms with van der Waals surface area (Å²) in [7, 11) is 15.8. The number of thiophene rings is 1. The van der Waals surface area contributed by atoms with Crippen LogP contribution in [0.5, 0.6) is 0 Å². The summed E-state index contributed by atoms with van der Waals surface area (Å²) in [5, 5.41) is 2.77. The molecule has 0 bridgehead atoms. The van der Waals surface area contributed by atoms with Crippen LogP contribution in [-0.2, 0) is 0 Å². The van der Waals surface area contributed by atoms with Crippen molar-refractivity contribution in [1.29, 1.82) is 0 Å². The summed E-state index contributed by atoms with van der Waals surface area (Å²) in [6, 6.07) is 38.0. The molecule has 0 unspecified atom stereocenters.